The molecular weight excluding hydrogens is 367 g/mol. The van der Waals surface area contributed by atoms with E-state index < -0.39 is 0 Å². The van der Waals surface area contributed by atoms with E-state index in [0.29, 0.717) is 11.4 Å². The summed E-state index contributed by atoms with van der Waals surface area (Å²) >= 11 is 0. The molecule has 148 valence electrons. The molecule has 3 aromatic rings. The van der Waals surface area contributed by atoms with Gasteiger partial charge in [-0.05, 0) is 62.4 Å². The average Bonchev–Trinajstić information content (AvgIpc) is 3.43. The van der Waals surface area contributed by atoms with Crippen LogP contribution in [0.3, 0.4) is 0 Å². The molecular formula is C23H23FN4O. The molecule has 0 bridgehead atoms. The van der Waals surface area contributed by atoms with Gasteiger partial charge in [-0.15, -0.1) is 0 Å². The number of hydrogen-bond acceptors (Lipinski definition) is 3. The Hall–Kier alpha value is -3.15. The van der Waals surface area contributed by atoms with Gasteiger partial charge in [-0.2, -0.15) is 5.10 Å². The predicted molar refractivity (Wildman–Crippen MR) is 112 cm³/mol. The van der Waals surface area contributed by atoms with Crippen LogP contribution in [0.2, 0.25) is 0 Å². The average molecular weight is 390 g/mol. The Morgan fingerprint density at radius 3 is 2.83 bits per heavy atom. The van der Waals surface area contributed by atoms with E-state index in [1.54, 1.807) is 22.9 Å². The number of para-hydroxylation sites is 1. The first kappa shape index (κ1) is 17.9. The van der Waals surface area contributed by atoms with E-state index in [1.165, 1.54) is 17.3 Å². The molecule has 1 amide bonds. The maximum absolute atomic E-state index is 14.3. The molecule has 1 aliphatic heterocycles. The maximum atomic E-state index is 14.3. The van der Waals surface area contributed by atoms with Crippen LogP contribution in [-0.2, 0) is 19.3 Å². The summed E-state index contributed by atoms with van der Waals surface area (Å²) < 4.78 is 15.9. The summed E-state index contributed by atoms with van der Waals surface area (Å²) in [4.78, 5) is 15.4. The van der Waals surface area contributed by atoms with Gasteiger partial charge in [0.25, 0.3) is 5.91 Å². The number of benzene rings is 2. The van der Waals surface area contributed by atoms with Crippen molar-refractivity contribution in [2.75, 3.05) is 23.3 Å². The molecule has 5 rings (SSSR count). The molecule has 2 aliphatic rings. The molecule has 1 aliphatic carbocycles. The third-order valence-corrected chi connectivity index (χ3v) is 5.94. The lowest BCUT2D eigenvalue weighted by Crippen LogP contribution is -2.19. The first-order valence-corrected chi connectivity index (χ1v) is 10.2. The van der Waals surface area contributed by atoms with E-state index in [4.69, 9.17) is 0 Å². The molecule has 0 saturated carbocycles. The summed E-state index contributed by atoms with van der Waals surface area (Å²) in [6.07, 6.45) is 3.58. The second-order valence-corrected chi connectivity index (χ2v) is 7.62. The lowest BCUT2D eigenvalue weighted by molar-refractivity contribution is 0.102. The van der Waals surface area contributed by atoms with E-state index in [-0.39, 0.29) is 11.7 Å². The molecule has 0 saturated heterocycles. The molecule has 29 heavy (non-hydrogen) atoms. The van der Waals surface area contributed by atoms with Crippen LogP contribution < -0.4 is 10.2 Å². The maximum Gasteiger partial charge on any atom is 0.276 e. The van der Waals surface area contributed by atoms with Crippen molar-refractivity contribution >= 4 is 17.3 Å². The Bertz CT molecular complexity index is 1100. The zero-order valence-electron chi connectivity index (χ0n) is 16.4. The van der Waals surface area contributed by atoms with Gasteiger partial charge in [0.05, 0.1) is 0 Å². The monoisotopic (exact) mass is 390 g/mol. The zero-order valence-corrected chi connectivity index (χ0v) is 16.4. The van der Waals surface area contributed by atoms with E-state index in [9.17, 15) is 9.18 Å². The second-order valence-electron chi connectivity index (χ2n) is 7.62. The molecule has 2 heterocycles. The minimum absolute atomic E-state index is 0.237. The highest BCUT2D eigenvalue weighted by Gasteiger charge is 2.28. The van der Waals surface area contributed by atoms with Gasteiger partial charge >= 0.3 is 0 Å². The molecule has 0 unspecified atom stereocenters. The molecule has 5 nitrogen and oxygen atoms in total. The van der Waals surface area contributed by atoms with E-state index in [0.717, 1.165) is 55.7 Å². The lowest BCUT2D eigenvalue weighted by atomic mass is 10.1. The van der Waals surface area contributed by atoms with Crippen molar-refractivity contribution in [1.29, 1.82) is 0 Å². The van der Waals surface area contributed by atoms with Gasteiger partial charge in [-0.1, -0.05) is 18.2 Å². The van der Waals surface area contributed by atoms with Crippen molar-refractivity contribution in [1.82, 2.24) is 9.78 Å². The fourth-order valence-corrected chi connectivity index (χ4v) is 4.48. The number of fused-ring (bicyclic) bond motifs is 2. The molecule has 0 radical (unpaired) electrons. The predicted octanol–water partition coefficient (Wildman–Crippen LogP) is 4.13. The molecule has 0 atom stereocenters. The summed E-state index contributed by atoms with van der Waals surface area (Å²) in [6.45, 7) is 4.10. The fourth-order valence-electron chi connectivity index (χ4n) is 4.48. The summed E-state index contributed by atoms with van der Waals surface area (Å²) in [7, 11) is 0. The number of rotatable bonds is 4. The Morgan fingerprint density at radius 1 is 1.14 bits per heavy atom. The number of halogens is 1. The van der Waals surface area contributed by atoms with E-state index in [1.807, 2.05) is 12.1 Å². The Kier molecular flexibility index (Phi) is 4.34. The van der Waals surface area contributed by atoms with E-state index >= 15 is 0 Å². The SMILES string of the molecule is CCN1CCc2ccc(NC(=O)c3nn(-c4ccccc4F)c4c3CCC4)cc21. The van der Waals surface area contributed by atoms with Gasteiger partial charge in [0.1, 0.15) is 11.5 Å². The number of nitrogens with one attached hydrogen (secondary N) is 1. The summed E-state index contributed by atoms with van der Waals surface area (Å²) in [5.41, 5.74) is 5.92. The Balaban J connectivity index is 1.47. The molecule has 0 spiro atoms. The third-order valence-electron chi connectivity index (χ3n) is 5.94. The topological polar surface area (TPSA) is 50.2 Å². The van der Waals surface area contributed by atoms with Crippen LogP contribution in [-0.4, -0.2) is 28.8 Å². The first-order valence-electron chi connectivity index (χ1n) is 10.2. The van der Waals surface area contributed by atoms with Crippen LogP contribution in [0.4, 0.5) is 15.8 Å². The fraction of sp³-hybridized carbons (Fsp3) is 0.304. The number of carbonyl (C=O) groups excluding carboxylic acids is 1. The highest BCUT2D eigenvalue weighted by atomic mass is 19.1. The highest BCUT2D eigenvalue weighted by molar-refractivity contribution is 6.04. The van der Waals surface area contributed by atoms with Gasteiger partial charge in [-0.25, -0.2) is 9.07 Å². The van der Waals surface area contributed by atoms with Gasteiger partial charge < -0.3 is 10.2 Å². The third kappa shape index (κ3) is 2.99. The summed E-state index contributed by atoms with van der Waals surface area (Å²) in [5.74, 6) is -0.575. The standard InChI is InChI=1S/C23H23FN4O/c1-2-27-13-12-15-10-11-16(14-21(15)27)25-23(29)22-17-6-5-9-19(17)28(26-22)20-8-4-3-7-18(20)24/h3-4,7-8,10-11,14H,2,5-6,9,12-13H2,1H3,(H,25,29). The zero-order chi connectivity index (χ0) is 20.0. The number of anilines is 2. The second kappa shape index (κ2) is 7.03. The van der Waals surface area contributed by atoms with Crippen molar-refractivity contribution in [3.8, 4) is 5.69 Å². The summed E-state index contributed by atoms with van der Waals surface area (Å²) in [6, 6.07) is 12.6. The van der Waals surface area contributed by atoms with Crippen molar-refractivity contribution in [2.45, 2.75) is 32.6 Å². The Morgan fingerprint density at radius 2 is 2.00 bits per heavy atom. The van der Waals surface area contributed by atoms with Crippen LogP contribution >= 0.6 is 0 Å². The van der Waals surface area contributed by atoms with Gasteiger partial charge in [0.2, 0.25) is 0 Å². The molecule has 0 fully saturated rings. The lowest BCUT2D eigenvalue weighted by Gasteiger charge is -2.17. The van der Waals surface area contributed by atoms with Crippen LogP contribution in [0.5, 0.6) is 0 Å². The van der Waals surface area contributed by atoms with Crippen molar-refractivity contribution in [2.24, 2.45) is 0 Å². The minimum atomic E-state index is -0.338. The number of hydrogen-bond donors (Lipinski definition) is 1. The van der Waals surface area contributed by atoms with Gasteiger partial charge in [-0.3, -0.25) is 4.79 Å². The highest BCUT2D eigenvalue weighted by Crippen LogP contribution is 2.32. The molecule has 6 heteroatoms. The Labute approximate surface area is 169 Å². The van der Waals surface area contributed by atoms with Crippen LogP contribution in [0.1, 0.15) is 40.7 Å². The van der Waals surface area contributed by atoms with Crippen molar-refractivity contribution < 1.29 is 9.18 Å². The van der Waals surface area contributed by atoms with Crippen molar-refractivity contribution in [3.63, 3.8) is 0 Å². The number of likely N-dealkylation sites (N-methyl/N-ethyl adjacent to an activating group) is 1. The number of amides is 1. The van der Waals surface area contributed by atoms with Crippen LogP contribution in [0.25, 0.3) is 5.69 Å². The quantitative estimate of drug-likeness (QED) is 0.729. The number of nitrogens with zero attached hydrogens (tertiary/aromatic N) is 3. The number of carbonyl (C=O) groups is 1. The molecule has 2 aromatic carbocycles. The largest absolute Gasteiger partial charge is 0.371 e. The minimum Gasteiger partial charge on any atom is -0.371 e. The molecule has 1 aromatic heterocycles. The number of aromatic nitrogens is 2. The first-order chi connectivity index (χ1) is 14.2. The van der Waals surface area contributed by atoms with Gasteiger partial charge in [0.15, 0.2) is 5.69 Å². The van der Waals surface area contributed by atoms with Crippen LogP contribution in [0.15, 0.2) is 42.5 Å². The normalized spacial score (nSPS) is 14.8. The van der Waals surface area contributed by atoms with Crippen molar-refractivity contribution in [3.05, 3.63) is 70.8 Å². The van der Waals surface area contributed by atoms with Crippen LogP contribution in [0, 0.1) is 5.82 Å². The summed E-state index contributed by atoms with van der Waals surface area (Å²) in [5, 5.41) is 7.52. The van der Waals surface area contributed by atoms with Gasteiger partial charge in [0, 0.05) is 35.7 Å². The molecule has 1 N–H and O–H groups in total. The van der Waals surface area contributed by atoms with E-state index in [2.05, 4.69) is 28.3 Å². The smallest absolute Gasteiger partial charge is 0.276 e.